The summed E-state index contributed by atoms with van der Waals surface area (Å²) in [7, 11) is 0. The Labute approximate surface area is 244 Å². The molecule has 2 heterocycles. The number of fused-ring (bicyclic) bond motifs is 5. The van der Waals surface area contributed by atoms with Gasteiger partial charge in [0.2, 0.25) is 0 Å². The Bertz CT molecular complexity index is 2140. The summed E-state index contributed by atoms with van der Waals surface area (Å²) in [4.78, 5) is 9.51. The molecule has 7 aromatic rings. The first-order valence-corrected chi connectivity index (χ1v) is 14.1. The van der Waals surface area contributed by atoms with Crippen molar-refractivity contribution in [1.82, 2.24) is 9.97 Å². The molecule has 0 saturated heterocycles. The van der Waals surface area contributed by atoms with E-state index in [1.54, 1.807) is 0 Å². The van der Waals surface area contributed by atoms with Crippen molar-refractivity contribution in [2.45, 2.75) is 6.92 Å². The van der Waals surface area contributed by atoms with Crippen LogP contribution >= 0.6 is 0 Å². The minimum Gasteiger partial charge on any atom is -0.457 e. The third-order valence-corrected chi connectivity index (χ3v) is 8.02. The van der Waals surface area contributed by atoms with Gasteiger partial charge in [-0.2, -0.15) is 0 Å². The van der Waals surface area contributed by atoms with E-state index in [1.807, 2.05) is 48.8 Å². The fourth-order valence-electron chi connectivity index (χ4n) is 6.06. The summed E-state index contributed by atoms with van der Waals surface area (Å²) in [6.07, 6.45) is 3.87. The smallest absolute Gasteiger partial charge is 0.128 e. The van der Waals surface area contributed by atoms with Crippen molar-refractivity contribution in [3.63, 3.8) is 0 Å². The second kappa shape index (κ2) is 9.83. The molecule has 3 heteroatoms. The Morgan fingerprint density at radius 2 is 1.07 bits per heavy atom. The monoisotopic (exact) mass is 538 g/mol. The number of hydrogen-bond donors (Lipinski definition) is 0. The van der Waals surface area contributed by atoms with Crippen LogP contribution in [-0.4, -0.2) is 9.97 Å². The number of benzene rings is 5. The van der Waals surface area contributed by atoms with Crippen molar-refractivity contribution < 1.29 is 4.74 Å². The highest BCUT2D eigenvalue weighted by Gasteiger charge is 2.22. The molecule has 0 amide bonds. The van der Waals surface area contributed by atoms with Crippen LogP contribution in [0.3, 0.4) is 0 Å². The molecule has 1 aliphatic carbocycles. The van der Waals surface area contributed by atoms with E-state index in [-0.39, 0.29) is 0 Å². The number of nitrogens with zero attached hydrogens (tertiary/aromatic N) is 2. The lowest BCUT2D eigenvalue weighted by atomic mass is 9.94. The van der Waals surface area contributed by atoms with Gasteiger partial charge in [0.05, 0.1) is 11.4 Å². The molecule has 198 valence electrons. The molecule has 0 saturated carbocycles. The minimum absolute atomic E-state index is 0.760. The largest absolute Gasteiger partial charge is 0.457 e. The van der Waals surface area contributed by atoms with Crippen molar-refractivity contribution in [2.75, 3.05) is 0 Å². The number of aryl methyl sites for hydroxylation is 1. The molecule has 0 radical (unpaired) electrons. The average Bonchev–Trinajstić information content (AvgIpc) is 3.15. The summed E-state index contributed by atoms with van der Waals surface area (Å²) in [5.74, 6) is 1.53. The zero-order valence-corrected chi connectivity index (χ0v) is 23.1. The van der Waals surface area contributed by atoms with Crippen molar-refractivity contribution in [1.29, 1.82) is 0 Å². The lowest BCUT2D eigenvalue weighted by Crippen LogP contribution is -1.92. The molecule has 2 aromatic heterocycles. The van der Waals surface area contributed by atoms with Crippen LogP contribution in [0, 0.1) is 6.92 Å². The van der Waals surface area contributed by atoms with Gasteiger partial charge in [-0.05, 0) is 93.5 Å². The van der Waals surface area contributed by atoms with E-state index in [9.17, 15) is 0 Å². The van der Waals surface area contributed by atoms with E-state index in [4.69, 9.17) is 9.72 Å². The molecule has 3 nitrogen and oxygen atoms in total. The maximum Gasteiger partial charge on any atom is 0.128 e. The molecule has 0 spiro atoms. The van der Waals surface area contributed by atoms with E-state index in [0.717, 1.165) is 39.6 Å². The third-order valence-electron chi connectivity index (χ3n) is 8.02. The number of hydrogen-bond acceptors (Lipinski definition) is 3. The van der Waals surface area contributed by atoms with Crippen molar-refractivity contribution in [3.8, 4) is 67.4 Å². The molecular weight excluding hydrogens is 512 g/mol. The van der Waals surface area contributed by atoms with E-state index >= 15 is 0 Å². The number of pyridine rings is 2. The van der Waals surface area contributed by atoms with Gasteiger partial charge in [-0.1, -0.05) is 84.9 Å². The van der Waals surface area contributed by atoms with Gasteiger partial charge in [0.25, 0.3) is 0 Å². The second-order valence-electron chi connectivity index (χ2n) is 10.7. The molecule has 0 N–H and O–H groups in total. The van der Waals surface area contributed by atoms with Crippen molar-refractivity contribution >= 4 is 10.8 Å². The Kier molecular flexibility index (Phi) is 5.68. The zero-order chi connectivity index (χ0) is 28.0. The summed E-state index contributed by atoms with van der Waals surface area (Å²) in [5, 5.41) is 2.52. The van der Waals surface area contributed by atoms with Crippen LogP contribution in [-0.2, 0) is 0 Å². The summed E-state index contributed by atoms with van der Waals surface area (Å²) in [6, 6.07) is 44.3. The van der Waals surface area contributed by atoms with Crippen LogP contribution in [0.4, 0.5) is 0 Å². The van der Waals surface area contributed by atoms with E-state index in [0.29, 0.717) is 0 Å². The predicted molar refractivity (Wildman–Crippen MR) is 172 cm³/mol. The number of ether oxygens (including phenoxy) is 1. The van der Waals surface area contributed by atoms with Crippen molar-refractivity contribution in [2.24, 2.45) is 0 Å². The normalized spacial score (nSPS) is 11.5. The predicted octanol–water partition coefficient (Wildman–Crippen LogP) is 10.4. The molecule has 1 aliphatic rings. The lowest BCUT2D eigenvalue weighted by Gasteiger charge is -2.13. The third kappa shape index (κ3) is 4.15. The molecule has 0 fully saturated rings. The first kappa shape index (κ1) is 24.3. The maximum atomic E-state index is 6.35. The highest BCUT2D eigenvalue weighted by atomic mass is 16.5. The van der Waals surface area contributed by atoms with Gasteiger partial charge in [0.15, 0.2) is 0 Å². The van der Waals surface area contributed by atoms with Crippen LogP contribution < -0.4 is 4.74 Å². The molecule has 8 rings (SSSR count). The molecule has 0 unspecified atom stereocenters. The van der Waals surface area contributed by atoms with Crippen LogP contribution in [0.1, 0.15) is 5.56 Å². The number of aromatic nitrogens is 2. The molecule has 0 aliphatic heterocycles. The summed E-state index contributed by atoms with van der Waals surface area (Å²) >= 11 is 0. The first-order chi connectivity index (χ1) is 20.7. The van der Waals surface area contributed by atoms with Crippen LogP contribution in [0.2, 0.25) is 0 Å². The second-order valence-corrected chi connectivity index (χ2v) is 10.7. The standard InChI is InChI=1S/C39H26N2O/c1-25-18-19-40-37(20-25)27-10-4-12-29(21-27)42-30-13-5-11-28(22-30)38-23-35-32-15-3-2-14-31(32)33-16-6-8-26-9-7-17-34(39(26)33)36(35)24-41-38/h2-24H,1H3. The molecule has 5 aromatic carbocycles. The van der Waals surface area contributed by atoms with Gasteiger partial charge >= 0.3 is 0 Å². The van der Waals surface area contributed by atoms with Crippen molar-refractivity contribution in [3.05, 3.63) is 145 Å². The van der Waals surface area contributed by atoms with E-state index < -0.39 is 0 Å². The average molecular weight is 539 g/mol. The lowest BCUT2D eigenvalue weighted by molar-refractivity contribution is 0.483. The fraction of sp³-hybridized carbons (Fsp3) is 0.0256. The highest BCUT2D eigenvalue weighted by molar-refractivity contribution is 6.13. The van der Waals surface area contributed by atoms with Crippen LogP contribution in [0.25, 0.3) is 66.7 Å². The Morgan fingerprint density at radius 1 is 0.476 bits per heavy atom. The molecule has 0 bridgehead atoms. The van der Waals surface area contributed by atoms with E-state index in [2.05, 4.69) is 103 Å². The zero-order valence-electron chi connectivity index (χ0n) is 23.1. The Balaban J connectivity index is 1.20. The Hall–Kier alpha value is -5.54. The van der Waals surface area contributed by atoms with Gasteiger partial charge in [-0.15, -0.1) is 0 Å². The van der Waals surface area contributed by atoms with Gasteiger partial charge in [-0.25, -0.2) is 0 Å². The fourth-order valence-corrected chi connectivity index (χ4v) is 6.06. The molecule has 42 heavy (non-hydrogen) atoms. The maximum absolute atomic E-state index is 6.35. The summed E-state index contributed by atoms with van der Waals surface area (Å²) in [6.45, 7) is 2.07. The number of rotatable bonds is 4. The quantitative estimate of drug-likeness (QED) is 0.224. The van der Waals surface area contributed by atoms with Crippen LogP contribution in [0.15, 0.2) is 140 Å². The summed E-state index contributed by atoms with van der Waals surface area (Å²) < 4.78 is 6.35. The summed E-state index contributed by atoms with van der Waals surface area (Å²) in [5.41, 5.74) is 12.3. The van der Waals surface area contributed by atoms with Gasteiger partial charge in [-0.3, -0.25) is 9.97 Å². The van der Waals surface area contributed by atoms with Gasteiger partial charge in [0, 0.05) is 29.1 Å². The first-order valence-electron chi connectivity index (χ1n) is 14.1. The van der Waals surface area contributed by atoms with Gasteiger partial charge in [0.1, 0.15) is 11.5 Å². The SMILES string of the molecule is Cc1ccnc(-c2cccc(Oc3cccc(-c4cc5c(cn4)-c4cccc6cccc(c46)-c4ccccc4-5)c3)c2)c1. The molecule has 0 atom stereocenters. The van der Waals surface area contributed by atoms with Crippen LogP contribution in [0.5, 0.6) is 11.5 Å². The topological polar surface area (TPSA) is 35.0 Å². The molecular formula is C39H26N2O. The highest BCUT2D eigenvalue weighted by Crippen LogP contribution is 2.47. The van der Waals surface area contributed by atoms with E-state index in [1.165, 1.54) is 44.2 Å². The van der Waals surface area contributed by atoms with Gasteiger partial charge < -0.3 is 4.74 Å². The Morgan fingerprint density at radius 3 is 1.76 bits per heavy atom. The minimum atomic E-state index is 0.760.